The maximum atomic E-state index is 12.0. The molecule has 0 unspecified atom stereocenters. The number of hydrogen-bond acceptors (Lipinski definition) is 3. The molecule has 6 heteroatoms. The van der Waals surface area contributed by atoms with Crippen LogP contribution in [0.4, 0.5) is 0 Å². The minimum absolute atomic E-state index is 0.146. The van der Waals surface area contributed by atoms with Gasteiger partial charge in [-0.2, -0.15) is 0 Å². The van der Waals surface area contributed by atoms with Gasteiger partial charge < -0.3 is 5.32 Å². The average Bonchev–Trinajstić information content (AvgIpc) is 2.44. The number of nitrogens with one attached hydrogen (secondary N) is 2. The summed E-state index contributed by atoms with van der Waals surface area (Å²) in [6, 6.07) is 6.09. The molecule has 1 aromatic rings. The Hall–Kier alpha value is -1.40. The van der Waals surface area contributed by atoms with Gasteiger partial charge in [-0.1, -0.05) is 20.8 Å². The van der Waals surface area contributed by atoms with Gasteiger partial charge in [-0.05, 0) is 37.1 Å². The Bertz CT molecular complexity index is 534. The third kappa shape index (κ3) is 4.31. The van der Waals surface area contributed by atoms with Gasteiger partial charge in [0.2, 0.25) is 10.0 Å². The van der Waals surface area contributed by atoms with Gasteiger partial charge in [-0.15, -0.1) is 0 Å². The van der Waals surface area contributed by atoms with Gasteiger partial charge in [0.25, 0.3) is 5.91 Å². The van der Waals surface area contributed by atoms with Crippen LogP contribution in [0.15, 0.2) is 29.2 Å². The van der Waals surface area contributed by atoms with Crippen molar-refractivity contribution in [3.05, 3.63) is 29.8 Å². The van der Waals surface area contributed by atoms with E-state index in [0.29, 0.717) is 12.1 Å². The number of amides is 1. The van der Waals surface area contributed by atoms with E-state index in [2.05, 4.69) is 10.0 Å². The summed E-state index contributed by atoms with van der Waals surface area (Å²) in [5, 5.41) is 2.91. The molecule has 0 saturated carbocycles. The van der Waals surface area contributed by atoms with Crippen molar-refractivity contribution < 1.29 is 13.2 Å². The lowest BCUT2D eigenvalue weighted by Crippen LogP contribution is -2.33. The minimum Gasteiger partial charge on any atom is -0.349 e. The smallest absolute Gasteiger partial charge is 0.251 e. The molecule has 2 N–H and O–H groups in total. The predicted molar refractivity (Wildman–Crippen MR) is 79.1 cm³/mol. The van der Waals surface area contributed by atoms with Crippen LogP contribution in [-0.4, -0.2) is 26.9 Å². The largest absolute Gasteiger partial charge is 0.349 e. The zero-order chi connectivity index (χ0) is 15.2. The first-order valence-corrected chi connectivity index (χ1v) is 8.33. The van der Waals surface area contributed by atoms with Gasteiger partial charge in [0.05, 0.1) is 4.90 Å². The van der Waals surface area contributed by atoms with Crippen LogP contribution in [-0.2, 0) is 10.0 Å². The van der Waals surface area contributed by atoms with E-state index in [9.17, 15) is 13.2 Å². The van der Waals surface area contributed by atoms with Crippen LogP contribution in [0.1, 0.15) is 44.0 Å². The summed E-state index contributed by atoms with van der Waals surface area (Å²) in [6.45, 7) is 6.08. The maximum absolute atomic E-state index is 12.0. The zero-order valence-electron chi connectivity index (χ0n) is 12.1. The number of sulfonamides is 1. The highest BCUT2D eigenvalue weighted by Gasteiger charge is 2.14. The van der Waals surface area contributed by atoms with Gasteiger partial charge >= 0.3 is 0 Å². The summed E-state index contributed by atoms with van der Waals surface area (Å²) < 4.78 is 26.0. The molecule has 20 heavy (non-hydrogen) atoms. The molecule has 0 aliphatic rings. The van der Waals surface area contributed by atoms with E-state index in [1.807, 2.05) is 13.8 Å². The molecule has 5 nitrogen and oxygen atoms in total. The molecule has 0 radical (unpaired) electrons. The second kappa shape index (κ2) is 7.40. The third-order valence-electron chi connectivity index (χ3n) is 3.08. The Morgan fingerprint density at radius 1 is 1.10 bits per heavy atom. The van der Waals surface area contributed by atoms with E-state index < -0.39 is 10.0 Å². The van der Waals surface area contributed by atoms with Crippen LogP contribution in [0.2, 0.25) is 0 Å². The van der Waals surface area contributed by atoms with Crippen LogP contribution in [0, 0.1) is 0 Å². The summed E-state index contributed by atoms with van der Waals surface area (Å²) in [6.07, 6.45) is 1.74. The Kier molecular flexibility index (Phi) is 6.16. The molecule has 0 aromatic heterocycles. The first kappa shape index (κ1) is 16.7. The third-order valence-corrected chi connectivity index (χ3v) is 4.64. The van der Waals surface area contributed by atoms with Crippen LogP contribution in [0.25, 0.3) is 0 Å². The number of rotatable bonds is 7. The van der Waals surface area contributed by atoms with Gasteiger partial charge in [-0.3, -0.25) is 4.79 Å². The lowest BCUT2D eigenvalue weighted by atomic mass is 10.1. The molecule has 0 atom stereocenters. The molecule has 0 heterocycles. The second-order valence-electron chi connectivity index (χ2n) is 4.51. The van der Waals surface area contributed by atoms with E-state index in [4.69, 9.17) is 0 Å². The molecule has 0 saturated heterocycles. The SMILES string of the molecule is CCNS(=O)(=O)c1ccc(C(=O)NC(CC)CC)cc1. The summed E-state index contributed by atoms with van der Waals surface area (Å²) in [4.78, 5) is 12.1. The summed E-state index contributed by atoms with van der Waals surface area (Å²) >= 11 is 0. The molecule has 0 aliphatic carbocycles. The van der Waals surface area contributed by atoms with E-state index in [1.54, 1.807) is 6.92 Å². The monoisotopic (exact) mass is 298 g/mol. The standard InChI is InChI=1S/C14H22N2O3S/c1-4-12(5-2)16-14(17)11-7-9-13(10-8-11)20(18,19)15-6-3/h7-10,12,15H,4-6H2,1-3H3,(H,16,17). The van der Waals surface area contributed by atoms with Gasteiger partial charge in [0.15, 0.2) is 0 Å². The van der Waals surface area contributed by atoms with Crippen LogP contribution in [0.3, 0.4) is 0 Å². The van der Waals surface area contributed by atoms with E-state index in [1.165, 1.54) is 24.3 Å². The Morgan fingerprint density at radius 2 is 1.65 bits per heavy atom. The lowest BCUT2D eigenvalue weighted by Gasteiger charge is -2.14. The fourth-order valence-electron chi connectivity index (χ4n) is 1.82. The van der Waals surface area contributed by atoms with Crippen molar-refractivity contribution in [1.82, 2.24) is 10.0 Å². The molecule has 1 amide bonds. The highest BCUT2D eigenvalue weighted by Crippen LogP contribution is 2.11. The number of hydrogen-bond donors (Lipinski definition) is 2. The molecule has 112 valence electrons. The van der Waals surface area contributed by atoms with Gasteiger partial charge in [-0.25, -0.2) is 13.1 Å². The van der Waals surface area contributed by atoms with Crippen molar-refractivity contribution in [2.24, 2.45) is 0 Å². The Morgan fingerprint density at radius 3 is 2.10 bits per heavy atom. The molecule has 1 aromatic carbocycles. The minimum atomic E-state index is -3.47. The lowest BCUT2D eigenvalue weighted by molar-refractivity contribution is 0.0934. The van der Waals surface area contributed by atoms with Crippen LogP contribution < -0.4 is 10.0 Å². The highest BCUT2D eigenvalue weighted by molar-refractivity contribution is 7.89. The molecule has 0 fully saturated rings. The van der Waals surface area contributed by atoms with Crippen molar-refractivity contribution in [1.29, 1.82) is 0 Å². The number of carbonyl (C=O) groups is 1. The first-order chi connectivity index (χ1) is 9.44. The molecule has 0 aliphatic heterocycles. The van der Waals surface area contributed by atoms with E-state index in [0.717, 1.165) is 12.8 Å². The van der Waals surface area contributed by atoms with Crippen molar-refractivity contribution in [3.63, 3.8) is 0 Å². The fourth-order valence-corrected chi connectivity index (χ4v) is 2.86. The predicted octanol–water partition coefficient (Wildman–Crippen LogP) is 1.90. The summed E-state index contributed by atoms with van der Waals surface area (Å²) in [5.74, 6) is -0.175. The van der Waals surface area contributed by atoms with Crippen LogP contribution >= 0.6 is 0 Å². The summed E-state index contributed by atoms with van der Waals surface area (Å²) in [5.41, 5.74) is 0.465. The van der Waals surface area contributed by atoms with Crippen molar-refractivity contribution in [3.8, 4) is 0 Å². The topological polar surface area (TPSA) is 75.3 Å². The number of carbonyl (C=O) groups excluding carboxylic acids is 1. The van der Waals surface area contributed by atoms with Crippen molar-refractivity contribution in [2.45, 2.75) is 44.6 Å². The Labute approximate surface area is 120 Å². The molecule has 1 rings (SSSR count). The van der Waals surface area contributed by atoms with E-state index in [-0.39, 0.29) is 16.8 Å². The first-order valence-electron chi connectivity index (χ1n) is 6.85. The molecular formula is C14H22N2O3S. The quantitative estimate of drug-likeness (QED) is 0.807. The van der Waals surface area contributed by atoms with Crippen LogP contribution in [0.5, 0.6) is 0 Å². The maximum Gasteiger partial charge on any atom is 0.251 e. The van der Waals surface area contributed by atoms with Crippen molar-refractivity contribution >= 4 is 15.9 Å². The van der Waals surface area contributed by atoms with Gasteiger partial charge in [0, 0.05) is 18.2 Å². The van der Waals surface area contributed by atoms with E-state index >= 15 is 0 Å². The average molecular weight is 298 g/mol. The zero-order valence-corrected chi connectivity index (χ0v) is 13.0. The number of benzene rings is 1. The second-order valence-corrected chi connectivity index (χ2v) is 6.28. The molecule has 0 bridgehead atoms. The molecule has 0 spiro atoms. The highest BCUT2D eigenvalue weighted by atomic mass is 32.2. The molecular weight excluding hydrogens is 276 g/mol. The Balaban J connectivity index is 2.84. The normalized spacial score (nSPS) is 11.6. The van der Waals surface area contributed by atoms with Gasteiger partial charge in [0.1, 0.15) is 0 Å². The fraction of sp³-hybridized carbons (Fsp3) is 0.500. The summed E-state index contributed by atoms with van der Waals surface area (Å²) in [7, 11) is -3.47. The van der Waals surface area contributed by atoms with Crippen molar-refractivity contribution in [2.75, 3.05) is 6.54 Å².